The number of aromatic nitrogens is 2. The third-order valence-corrected chi connectivity index (χ3v) is 10.3. The van der Waals surface area contributed by atoms with Gasteiger partial charge in [0.25, 0.3) is 0 Å². The van der Waals surface area contributed by atoms with E-state index < -0.39 is 0 Å². The summed E-state index contributed by atoms with van der Waals surface area (Å²) in [5.74, 6) is 2.84. The molecule has 7 atom stereocenters. The van der Waals surface area contributed by atoms with Crippen LogP contribution in [0.15, 0.2) is 48.2 Å². The summed E-state index contributed by atoms with van der Waals surface area (Å²) in [6.07, 6.45) is 13.9. The zero-order valence-electron chi connectivity index (χ0n) is 19.9. The molecule has 1 N–H and O–H groups in total. The van der Waals surface area contributed by atoms with Crippen molar-refractivity contribution >= 4 is 0 Å². The third kappa shape index (κ3) is 3.16. The van der Waals surface area contributed by atoms with Crippen molar-refractivity contribution in [2.45, 2.75) is 77.2 Å². The molecule has 4 heteroatoms. The molecule has 2 aromatic rings. The van der Waals surface area contributed by atoms with Crippen LogP contribution in [0.5, 0.6) is 0 Å². The fourth-order valence-corrected chi connectivity index (χ4v) is 8.48. The molecule has 0 aliphatic heterocycles. The van der Waals surface area contributed by atoms with Crippen molar-refractivity contribution in [2.75, 3.05) is 0 Å². The average molecular weight is 442 g/mol. The topological polar surface area (TPSA) is 61.8 Å². The number of rotatable bonds is 2. The Kier molecular flexibility index (Phi) is 4.86. The molecule has 0 amide bonds. The lowest BCUT2D eigenvalue weighted by atomic mass is 9.47. The summed E-state index contributed by atoms with van der Waals surface area (Å²) in [4.78, 5) is 0. The van der Waals surface area contributed by atoms with Crippen molar-refractivity contribution < 1.29 is 5.11 Å². The third-order valence-electron chi connectivity index (χ3n) is 10.3. The Labute approximate surface area is 197 Å². The molecule has 33 heavy (non-hydrogen) atoms. The SMILES string of the molecule is C[C@]12CCC3C(CC=C4CC(O)CC[C@@]43C)C1CCC2c1ccn(-c2ccc(C#N)cc2)n1. The smallest absolute Gasteiger partial charge is 0.0991 e. The van der Waals surface area contributed by atoms with Gasteiger partial charge in [0.05, 0.1) is 29.1 Å². The number of fused-ring (bicyclic) bond motifs is 5. The molecular formula is C29H35N3O. The lowest BCUT2D eigenvalue weighted by Crippen LogP contribution is -2.50. The minimum absolute atomic E-state index is 0.128. The first-order valence-corrected chi connectivity index (χ1v) is 12.9. The number of hydrogen-bond acceptors (Lipinski definition) is 3. The second-order valence-electron chi connectivity index (χ2n) is 11.7. The summed E-state index contributed by atoms with van der Waals surface area (Å²) in [6.45, 7) is 5.06. The van der Waals surface area contributed by atoms with Crippen molar-refractivity contribution in [3.05, 3.63) is 59.4 Å². The molecule has 172 valence electrons. The number of aliphatic hydroxyl groups is 1. The van der Waals surface area contributed by atoms with Gasteiger partial charge in [0.2, 0.25) is 0 Å². The van der Waals surface area contributed by atoms with Crippen LogP contribution >= 0.6 is 0 Å². The molecule has 1 heterocycles. The molecule has 1 aromatic carbocycles. The molecule has 4 aliphatic carbocycles. The zero-order chi connectivity index (χ0) is 22.8. The van der Waals surface area contributed by atoms with Gasteiger partial charge in [0, 0.05) is 12.1 Å². The predicted octanol–water partition coefficient (Wildman–Crippen LogP) is 6.15. The number of benzene rings is 1. The highest BCUT2D eigenvalue weighted by molar-refractivity contribution is 5.39. The number of nitriles is 1. The van der Waals surface area contributed by atoms with E-state index in [0.29, 0.717) is 22.3 Å². The van der Waals surface area contributed by atoms with E-state index in [4.69, 9.17) is 10.4 Å². The quantitative estimate of drug-likeness (QED) is 0.569. The molecule has 1 aromatic heterocycles. The number of allylic oxidation sites excluding steroid dienone is 1. The van der Waals surface area contributed by atoms with Gasteiger partial charge in [0.15, 0.2) is 0 Å². The van der Waals surface area contributed by atoms with E-state index in [1.165, 1.54) is 37.8 Å². The molecule has 6 rings (SSSR count). The molecule has 4 nitrogen and oxygen atoms in total. The van der Waals surface area contributed by atoms with Crippen LogP contribution in [0.1, 0.15) is 82.4 Å². The van der Waals surface area contributed by atoms with Gasteiger partial charge in [0.1, 0.15) is 0 Å². The minimum atomic E-state index is -0.128. The molecule has 3 saturated carbocycles. The van der Waals surface area contributed by atoms with E-state index >= 15 is 0 Å². The van der Waals surface area contributed by atoms with Gasteiger partial charge in [-0.2, -0.15) is 10.4 Å². The van der Waals surface area contributed by atoms with Gasteiger partial charge >= 0.3 is 0 Å². The van der Waals surface area contributed by atoms with Crippen molar-refractivity contribution in [1.82, 2.24) is 9.78 Å². The van der Waals surface area contributed by atoms with Gasteiger partial charge in [-0.3, -0.25) is 0 Å². The van der Waals surface area contributed by atoms with E-state index in [2.05, 4.69) is 38.3 Å². The van der Waals surface area contributed by atoms with Crippen LogP contribution in [0.2, 0.25) is 0 Å². The Balaban J connectivity index is 1.26. The van der Waals surface area contributed by atoms with Crippen LogP contribution in [0.4, 0.5) is 0 Å². The lowest BCUT2D eigenvalue weighted by molar-refractivity contribution is -0.0412. The first kappa shape index (κ1) is 21.2. The summed E-state index contributed by atoms with van der Waals surface area (Å²) in [5, 5.41) is 24.4. The molecule has 5 unspecified atom stereocenters. The number of hydrogen-bond donors (Lipinski definition) is 1. The summed E-state index contributed by atoms with van der Waals surface area (Å²) in [5.41, 5.74) is 5.11. The minimum Gasteiger partial charge on any atom is -0.393 e. The molecule has 0 radical (unpaired) electrons. The van der Waals surface area contributed by atoms with Crippen molar-refractivity contribution in [1.29, 1.82) is 5.26 Å². The number of nitrogens with zero attached hydrogens (tertiary/aromatic N) is 3. The van der Waals surface area contributed by atoms with Gasteiger partial charge < -0.3 is 5.11 Å². The average Bonchev–Trinajstić information content (AvgIpc) is 3.44. The molecule has 0 spiro atoms. The van der Waals surface area contributed by atoms with Crippen LogP contribution in [0, 0.1) is 39.9 Å². The first-order valence-electron chi connectivity index (χ1n) is 12.9. The number of aliphatic hydroxyl groups excluding tert-OH is 1. The van der Waals surface area contributed by atoms with Crippen LogP contribution in [0.3, 0.4) is 0 Å². The van der Waals surface area contributed by atoms with Crippen LogP contribution in [-0.4, -0.2) is 21.0 Å². The van der Waals surface area contributed by atoms with Crippen molar-refractivity contribution in [3.8, 4) is 11.8 Å². The summed E-state index contributed by atoms with van der Waals surface area (Å²) in [7, 11) is 0. The largest absolute Gasteiger partial charge is 0.393 e. The Bertz CT molecular complexity index is 1120. The fourth-order valence-electron chi connectivity index (χ4n) is 8.48. The summed E-state index contributed by atoms with van der Waals surface area (Å²) >= 11 is 0. The molecule has 0 saturated heterocycles. The zero-order valence-corrected chi connectivity index (χ0v) is 19.9. The predicted molar refractivity (Wildman–Crippen MR) is 129 cm³/mol. The van der Waals surface area contributed by atoms with Crippen LogP contribution in [0.25, 0.3) is 5.69 Å². The van der Waals surface area contributed by atoms with Crippen molar-refractivity contribution in [2.24, 2.45) is 28.6 Å². The second-order valence-corrected chi connectivity index (χ2v) is 11.7. The van der Waals surface area contributed by atoms with E-state index in [1.54, 1.807) is 5.57 Å². The molecule has 4 aliphatic rings. The summed E-state index contributed by atoms with van der Waals surface area (Å²) in [6, 6.07) is 12.1. The Morgan fingerprint density at radius 2 is 1.85 bits per heavy atom. The Morgan fingerprint density at radius 3 is 2.64 bits per heavy atom. The lowest BCUT2D eigenvalue weighted by Gasteiger charge is -2.58. The molecular weight excluding hydrogens is 406 g/mol. The molecule has 0 bridgehead atoms. The maximum absolute atomic E-state index is 10.3. The van der Waals surface area contributed by atoms with Crippen molar-refractivity contribution in [3.63, 3.8) is 0 Å². The van der Waals surface area contributed by atoms with Gasteiger partial charge in [-0.1, -0.05) is 25.5 Å². The van der Waals surface area contributed by atoms with E-state index in [-0.39, 0.29) is 6.10 Å². The molecule has 3 fully saturated rings. The standard InChI is InChI=1S/C29H35N3O/c1-28-14-11-22(33)17-20(28)5-8-23-24-9-10-26(29(24,2)15-12-25(23)28)27-13-16-32(31-27)21-6-3-19(18-30)4-7-21/h3-7,13,16,22-26,33H,8-12,14-15,17H2,1-2H3/t22?,23?,24?,25?,26?,28-,29-/m0/s1. The van der Waals surface area contributed by atoms with Gasteiger partial charge in [-0.05, 0) is 110 Å². The van der Waals surface area contributed by atoms with E-state index in [1.807, 2.05) is 28.9 Å². The monoisotopic (exact) mass is 441 g/mol. The van der Waals surface area contributed by atoms with Gasteiger partial charge in [-0.15, -0.1) is 0 Å². The highest BCUT2D eigenvalue weighted by atomic mass is 16.3. The first-order chi connectivity index (χ1) is 15.9. The van der Waals surface area contributed by atoms with E-state index in [9.17, 15) is 5.11 Å². The fraction of sp³-hybridized carbons (Fsp3) is 0.586. The van der Waals surface area contributed by atoms with Crippen LogP contribution < -0.4 is 0 Å². The van der Waals surface area contributed by atoms with Crippen LogP contribution in [-0.2, 0) is 0 Å². The normalized spacial score (nSPS) is 39.7. The highest BCUT2D eigenvalue weighted by Gasteiger charge is 2.59. The maximum atomic E-state index is 10.3. The van der Waals surface area contributed by atoms with E-state index in [0.717, 1.165) is 42.7 Å². The maximum Gasteiger partial charge on any atom is 0.0991 e. The Hall–Kier alpha value is -2.38. The summed E-state index contributed by atoms with van der Waals surface area (Å²) < 4.78 is 1.98. The second kappa shape index (κ2) is 7.57. The highest BCUT2D eigenvalue weighted by Crippen LogP contribution is 2.67. The van der Waals surface area contributed by atoms with Gasteiger partial charge in [-0.25, -0.2) is 4.68 Å². The Morgan fingerprint density at radius 1 is 1.03 bits per heavy atom.